The number of ether oxygens (including phenoxy) is 8. The largest absolute Gasteiger partial charge is 1.00 e. The van der Waals surface area contributed by atoms with Crippen molar-refractivity contribution in [3.8, 4) is 46.0 Å². The lowest BCUT2D eigenvalue weighted by atomic mass is 10.2. The summed E-state index contributed by atoms with van der Waals surface area (Å²) in [5, 5.41) is 13.9. The minimum atomic E-state index is -6.09. The lowest BCUT2D eigenvalue weighted by Gasteiger charge is -2.17. The summed E-state index contributed by atoms with van der Waals surface area (Å²) in [5.41, 5.74) is 1.08. The number of benzene rings is 13. The second kappa shape index (κ2) is 53.3. The predicted molar refractivity (Wildman–Crippen MR) is 499 cm³/mol. The maximum atomic E-state index is 12.6. The number of carbonyl (C=O) groups is 4. The molecule has 45 heteroatoms. The van der Waals surface area contributed by atoms with Gasteiger partial charge in [0.2, 0.25) is 0 Å². The molecule has 17 aromatic rings. The SMILES string of the molecule is COc1ccc([I+]c2ccc(C(=O)Nc3nc4ccc(OC)cc4s3)cc2)cc1.COc1cccc([I+]c2ccc(C(=O)Nc3nc4ccc(OC)cc4s3)cc2)c1.COc1cccc([I+]c2ccc(C(=O)Nc3nc4ccc(OC)cc4s3)cc2)c1.COc1cccc([I+]c2ccc(C(=O)Nc3nc4ccc(OC)cc4s3)cc2)c1.Cc1ccc(S(=O)(=O)[O-])cc1.O=S(=O)([O-])C(F)(F)F.[Br-].[O-][Cl+3]([O-])([O-])[O-]. The fourth-order valence-electron chi connectivity index (χ4n) is 11.5. The van der Waals surface area contributed by atoms with Crippen LogP contribution in [0.4, 0.5) is 33.7 Å². The highest BCUT2D eigenvalue weighted by Gasteiger charge is 2.37. The van der Waals surface area contributed by atoms with Gasteiger partial charge in [0.15, 0.2) is 59.2 Å². The van der Waals surface area contributed by atoms with Crippen LogP contribution >= 0.6 is 45.3 Å². The third-order valence-corrected chi connectivity index (χ3v) is 34.0. The molecule has 4 N–H and O–H groups in total. The summed E-state index contributed by atoms with van der Waals surface area (Å²) >= 11 is 4.43. The van der Waals surface area contributed by atoms with Crippen molar-refractivity contribution in [3.63, 3.8) is 0 Å². The number of carbonyl (C=O) groups excluding carboxylic acids is 4. The molecule has 0 aliphatic carbocycles. The van der Waals surface area contributed by atoms with Crippen molar-refractivity contribution in [2.45, 2.75) is 17.3 Å². The Balaban J connectivity index is 0.000000179. The highest BCUT2D eigenvalue weighted by molar-refractivity contribution is 7.86. The first-order valence-corrected chi connectivity index (χ1v) is 56.0. The molecule has 0 saturated heterocycles. The fourth-order valence-corrected chi connectivity index (χ4v) is 24.5. The van der Waals surface area contributed by atoms with Gasteiger partial charge in [0.1, 0.15) is 56.1 Å². The molecule has 4 heterocycles. The minimum Gasteiger partial charge on any atom is -1.00 e. The van der Waals surface area contributed by atoms with Crippen molar-refractivity contribution < 1.29 is 227 Å². The summed E-state index contributed by atoms with van der Waals surface area (Å²) in [7, 11) is -2.10. The van der Waals surface area contributed by atoms with E-state index in [-0.39, 0.29) is 130 Å². The third kappa shape index (κ3) is 35.4. The molecule has 0 aliphatic rings. The maximum Gasteiger partial charge on any atom is 0.485 e. The van der Waals surface area contributed by atoms with E-state index in [0.717, 1.165) is 92.4 Å². The highest BCUT2D eigenvalue weighted by atomic mass is 127. The Morgan fingerprint density at radius 2 is 0.518 bits per heavy atom. The first kappa shape index (κ1) is 112. The van der Waals surface area contributed by atoms with E-state index in [1.807, 2.05) is 225 Å². The van der Waals surface area contributed by atoms with Gasteiger partial charge >= 0.3 is 90.3 Å². The number of aromatic nitrogens is 4. The number of amides is 4. The number of alkyl halides is 3. The second-order valence-electron chi connectivity index (χ2n) is 27.8. The molecule has 0 atom stereocenters. The van der Waals surface area contributed by atoms with Gasteiger partial charge in [0.05, 0.1) is 103 Å². The number of aryl methyl sites for hydroxylation is 1. The average molecular weight is 2570 g/mol. The van der Waals surface area contributed by atoms with Crippen LogP contribution in [-0.2, 0) is 20.2 Å². The van der Waals surface area contributed by atoms with Gasteiger partial charge in [-0.15, -0.1) is 10.2 Å². The molecular weight excluding hydrogens is 2490 g/mol. The third-order valence-electron chi connectivity index (χ3n) is 18.3. The fraction of sp³-hybridized carbons (Fsp3) is 0.104. The average Bonchev–Trinajstić information content (AvgIpc) is 1.70. The summed E-state index contributed by atoms with van der Waals surface area (Å²) in [6, 6.07) is 92.0. The Morgan fingerprint density at radius 1 is 0.312 bits per heavy atom. The summed E-state index contributed by atoms with van der Waals surface area (Å²) in [6.07, 6.45) is 0. The monoisotopic (exact) mass is 2570 g/mol. The minimum absolute atomic E-state index is 0. The number of thiazole rings is 4. The smallest absolute Gasteiger partial charge is 0.485 e. The zero-order valence-corrected chi connectivity index (χ0v) is 90.7. The van der Waals surface area contributed by atoms with Crippen molar-refractivity contribution in [2.24, 2.45) is 0 Å². The maximum absolute atomic E-state index is 12.6. The standard InChI is InChI=1S/4C22H17IN2O3S.C7H8O3S.CHF3O3S.BrH.ClHO4/c1-27-17-9-7-16(8-10-17)23-15-5-3-14(4-6-15)21(26)25-22-24-19-12-11-18(28-2)13-20(19)29-22;3*1-27-17-5-3-4-16(12-17)23-15-8-6-14(7-9-15)21(26)25-22-24-19-11-10-18(28-2)13-20(19)29-22;1-6-2-4-7(5-3-6)11(8,9)10;2-1(3,4)8(5,6)7;;2-1(3,4)5/h4*3-13H,1-2H3;2-5H,1H3,(H,8,9,10);(H,5,6,7);1H;(H,2,3,4,5). The van der Waals surface area contributed by atoms with Gasteiger partial charge in [-0.2, -0.15) is 13.2 Å². The number of rotatable bonds is 25. The molecule has 4 aromatic heterocycles. The van der Waals surface area contributed by atoms with E-state index in [4.69, 9.17) is 69.5 Å². The quantitative estimate of drug-likeness (QED) is 0.0332. The molecule has 141 heavy (non-hydrogen) atoms. The number of anilines is 4. The van der Waals surface area contributed by atoms with Gasteiger partial charge < -0.3 is 64.0 Å². The summed E-state index contributed by atoms with van der Waals surface area (Å²) in [5.74, 6) is 5.89. The summed E-state index contributed by atoms with van der Waals surface area (Å²) < 4.78 is 180. The van der Waals surface area contributed by atoms with Gasteiger partial charge in [-0.3, -0.25) is 40.4 Å². The summed E-state index contributed by atoms with van der Waals surface area (Å²) in [4.78, 5) is 68.0. The van der Waals surface area contributed by atoms with Crippen LogP contribution in [0.2, 0.25) is 0 Å². The van der Waals surface area contributed by atoms with Crippen LogP contribution in [0, 0.1) is 45.7 Å². The van der Waals surface area contributed by atoms with Gasteiger partial charge in [0, 0.05) is 40.5 Å². The Bertz CT molecular complexity index is 6910. The molecule has 13 aromatic carbocycles. The molecular formula is C96H79BrClF3I4N8O22S6. The van der Waals surface area contributed by atoms with Crippen molar-refractivity contribution in [2.75, 3.05) is 78.1 Å². The number of hydrogen-bond acceptors (Lipinski definition) is 30. The van der Waals surface area contributed by atoms with Gasteiger partial charge in [-0.05, 0) is 250 Å². The molecule has 0 radical (unpaired) electrons. The Morgan fingerprint density at radius 3 is 0.730 bits per heavy atom. The van der Waals surface area contributed by atoms with E-state index >= 15 is 0 Å². The lowest BCUT2D eigenvalue weighted by Crippen LogP contribution is -3.61. The molecule has 0 saturated carbocycles. The van der Waals surface area contributed by atoms with Crippen LogP contribution < -0.4 is 180 Å². The normalized spacial score (nSPS) is 10.9. The second-order valence-corrected chi connectivity index (χ2v) is 47.6. The molecule has 0 unspecified atom stereocenters. The molecule has 734 valence electrons. The lowest BCUT2D eigenvalue weighted by molar-refractivity contribution is -2.00. The molecule has 0 fully saturated rings. The molecule has 0 bridgehead atoms. The zero-order chi connectivity index (χ0) is 101. The molecule has 0 aliphatic heterocycles. The van der Waals surface area contributed by atoms with Gasteiger partial charge in [-0.1, -0.05) is 81.2 Å². The summed E-state index contributed by atoms with van der Waals surface area (Å²) in [6.45, 7) is 1.82. The number of halogens is 9. The van der Waals surface area contributed by atoms with Crippen molar-refractivity contribution in [3.05, 3.63) is 348 Å². The van der Waals surface area contributed by atoms with Crippen molar-refractivity contribution in [1.29, 1.82) is 0 Å². The van der Waals surface area contributed by atoms with E-state index in [1.54, 1.807) is 69.0 Å². The highest BCUT2D eigenvalue weighted by Crippen LogP contribution is 2.34. The first-order valence-electron chi connectivity index (χ1n) is 40.1. The van der Waals surface area contributed by atoms with Crippen LogP contribution in [0.15, 0.2) is 296 Å². The number of hydrogen-bond donors (Lipinski definition) is 4. The molecule has 30 nitrogen and oxygen atoms in total. The van der Waals surface area contributed by atoms with Crippen molar-refractivity contribution in [1.82, 2.24) is 19.9 Å². The van der Waals surface area contributed by atoms with Crippen LogP contribution in [0.5, 0.6) is 46.0 Å². The number of fused-ring (bicyclic) bond motifs is 4. The number of nitrogens with zero attached hydrogens (tertiary/aromatic N) is 4. The van der Waals surface area contributed by atoms with E-state index in [2.05, 4.69) is 89.7 Å². The van der Waals surface area contributed by atoms with Crippen LogP contribution in [0.25, 0.3) is 40.9 Å². The van der Waals surface area contributed by atoms with E-state index in [1.165, 1.54) is 86.0 Å². The Hall–Kier alpha value is -11.2. The number of nitrogens with one attached hydrogen (secondary N) is 4. The predicted octanol–water partition coefficient (Wildman–Crippen LogP) is -0.0247. The van der Waals surface area contributed by atoms with Crippen LogP contribution in [0.1, 0.15) is 47.0 Å². The van der Waals surface area contributed by atoms with E-state index in [9.17, 15) is 45.3 Å². The van der Waals surface area contributed by atoms with E-state index in [0.29, 0.717) is 42.8 Å². The van der Waals surface area contributed by atoms with Crippen molar-refractivity contribution >= 4 is 151 Å². The zero-order valence-electron chi connectivity index (χ0n) is 74.8. The van der Waals surface area contributed by atoms with Gasteiger partial charge in [-0.25, -0.2) is 55.4 Å². The van der Waals surface area contributed by atoms with Crippen LogP contribution in [-0.4, -0.2) is 132 Å². The topological polar surface area (TPSA) is 448 Å². The molecule has 0 spiro atoms. The van der Waals surface area contributed by atoms with Crippen LogP contribution in [0.3, 0.4) is 0 Å². The number of methoxy groups -OCH3 is 8. The Labute approximate surface area is 877 Å². The van der Waals surface area contributed by atoms with E-state index < -0.39 is 36.0 Å². The molecule has 4 amide bonds. The van der Waals surface area contributed by atoms with Gasteiger partial charge in [0.25, 0.3) is 23.6 Å². The first-order chi connectivity index (χ1) is 66.8. The Kier molecular flexibility index (Phi) is 42.2. The molecule has 17 rings (SSSR count).